The van der Waals surface area contributed by atoms with Crippen molar-refractivity contribution in [2.24, 2.45) is 0 Å². The Hall–Kier alpha value is -1.61. The molecule has 0 fully saturated rings. The lowest BCUT2D eigenvalue weighted by molar-refractivity contribution is 0.307. The minimum atomic E-state index is 0.188. The van der Waals surface area contributed by atoms with Gasteiger partial charge >= 0.3 is 0 Å². The molecule has 0 bridgehead atoms. The molecule has 0 saturated carbocycles. The van der Waals surface area contributed by atoms with E-state index in [4.69, 9.17) is 16.3 Å². The Balaban J connectivity index is 1.81. The lowest BCUT2D eigenvalue weighted by atomic mass is 10.1. The van der Waals surface area contributed by atoms with Crippen LogP contribution in [0.5, 0.6) is 5.75 Å². The van der Waals surface area contributed by atoms with Gasteiger partial charge in [0.2, 0.25) is 0 Å². The molecule has 142 valence electrons. The molecule has 1 unspecified atom stereocenters. The van der Waals surface area contributed by atoms with Crippen molar-refractivity contribution in [1.29, 1.82) is 0 Å². The number of aromatic nitrogens is 2. The van der Waals surface area contributed by atoms with Gasteiger partial charge < -0.3 is 4.74 Å². The Morgan fingerprint density at radius 2 is 1.65 bits per heavy atom. The van der Waals surface area contributed by atoms with E-state index in [0.29, 0.717) is 6.61 Å². The van der Waals surface area contributed by atoms with E-state index in [9.17, 15) is 0 Å². The molecule has 0 N–H and O–H groups in total. The monoisotopic (exact) mass is 374 g/mol. The van der Waals surface area contributed by atoms with Crippen LogP contribution in [0.3, 0.4) is 0 Å². The first kappa shape index (κ1) is 20.7. The topological polar surface area (TPSA) is 35.0 Å². The molecule has 4 heteroatoms. The van der Waals surface area contributed by atoms with Crippen LogP contribution < -0.4 is 4.74 Å². The summed E-state index contributed by atoms with van der Waals surface area (Å²) in [5.74, 6) is 1.62. The van der Waals surface area contributed by atoms with Crippen molar-refractivity contribution in [3.05, 3.63) is 42.2 Å². The number of alkyl halides is 1. The molecular weight excluding hydrogens is 344 g/mol. The number of benzene rings is 1. The van der Waals surface area contributed by atoms with Crippen LogP contribution in [0.2, 0.25) is 0 Å². The Kier molecular flexibility index (Phi) is 9.47. The van der Waals surface area contributed by atoms with Crippen LogP contribution in [0.25, 0.3) is 11.4 Å². The molecule has 0 aliphatic heterocycles. The molecule has 0 radical (unpaired) electrons. The second-order valence-corrected chi connectivity index (χ2v) is 7.36. The van der Waals surface area contributed by atoms with Gasteiger partial charge in [-0.15, -0.1) is 11.6 Å². The largest absolute Gasteiger partial charge is 0.494 e. The van der Waals surface area contributed by atoms with Gasteiger partial charge in [0.25, 0.3) is 0 Å². The number of ether oxygens (including phenoxy) is 1. The lowest BCUT2D eigenvalue weighted by Gasteiger charge is -2.09. The zero-order valence-corrected chi connectivity index (χ0v) is 16.8. The second-order valence-electron chi connectivity index (χ2n) is 6.75. The summed E-state index contributed by atoms with van der Waals surface area (Å²) in [6, 6.07) is 7.95. The van der Waals surface area contributed by atoms with Crippen molar-refractivity contribution in [3.63, 3.8) is 0 Å². The third-order valence-electron chi connectivity index (χ3n) is 4.53. The van der Waals surface area contributed by atoms with E-state index in [1.807, 2.05) is 36.7 Å². The molecular formula is C22H31ClN2O. The zero-order chi connectivity index (χ0) is 18.6. The maximum absolute atomic E-state index is 6.11. The van der Waals surface area contributed by atoms with Gasteiger partial charge in [-0.2, -0.15) is 0 Å². The summed E-state index contributed by atoms with van der Waals surface area (Å²) >= 11 is 6.11. The van der Waals surface area contributed by atoms with E-state index < -0.39 is 0 Å². The van der Waals surface area contributed by atoms with Gasteiger partial charge in [-0.25, -0.2) is 9.97 Å². The van der Waals surface area contributed by atoms with Gasteiger partial charge in [0.15, 0.2) is 5.82 Å². The molecule has 0 aliphatic carbocycles. The van der Waals surface area contributed by atoms with E-state index in [2.05, 4.69) is 23.8 Å². The van der Waals surface area contributed by atoms with Crippen LogP contribution in [-0.2, 0) is 6.42 Å². The molecule has 0 amide bonds. The van der Waals surface area contributed by atoms with Crippen LogP contribution in [-0.4, -0.2) is 22.0 Å². The molecule has 1 aromatic heterocycles. The molecule has 1 aromatic carbocycles. The summed E-state index contributed by atoms with van der Waals surface area (Å²) in [7, 11) is 0. The number of hydrogen-bond donors (Lipinski definition) is 0. The van der Waals surface area contributed by atoms with Crippen molar-refractivity contribution in [3.8, 4) is 17.1 Å². The number of rotatable bonds is 12. The lowest BCUT2D eigenvalue weighted by Crippen LogP contribution is -2.05. The van der Waals surface area contributed by atoms with Crippen LogP contribution >= 0.6 is 11.6 Å². The number of hydrogen-bond acceptors (Lipinski definition) is 3. The van der Waals surface area contributed by atoms with E-state index in [1.165, 1.54) is 37.7 Å². The standard InChI is InChI=1S/C22H31ClN2O/c1-3-5-6-7-8-9-18-16-24-22(25-17-18)19-10-12-21(13-11-19)26-15-14-20(23)4-2/h10-13,16-17,20H,3-9,14-15H2,1-2H3. The zero-order valence-electron chi connectivity index (χ0n) is 16.1. The van der Waals surface area contributed by atoms with E-state index in [1.54, 1.807) is 0 Å². The van der Waals surface area contributed by atoms with E-state index in [-0.39, 0.29) is 5.38 Å². The Morgan fingerprint density at radius 3 is 2.31 bits per heavy atom. The van der Waals surface area contributed by atoms with Crippen molar-refractivity contribution in [2.75, 3.05) is 6.61 Å². The summed E-state index contributed by atoms with van der Waals surface area (Å²) in [4.78, 5) is 9.04. The highest BCUT2D eigenvalue weighted by atomic mass is 35.5. The van der Waals surface area contributed by atoms with Gasteiger partial charge in [0, 0.05) is 23.3 Å². The molecule has 0 aliphatic rings. The number of nitrogens with zero attached hydrogens (tertiary/aromatic N) is 2. The molecule has 0 saturated heterocycles. The predicted octanol–water partition coefficient (Wildman–Crippen LogP) is 6.44. The first-order valence-corrected chi connectivity index (χ1v) is 10.3. The normalized spacial score (nSPS) is 12.1. The molecule has 2 rings (SSSR count). The molecule has 2 aromatic rings. The number of aryl methyl sites for hydroxylation is 1. The smallest absolute Gasteiger partial charge is 0.159 e. The highest BCUT2D eigenvalue weighted by Crippen LogP contribution is 2.20. The van der Waals surface area contributed by atoms with Crippen molar-refractivity contribution >= 4 is 11.6 Å². The van der Waals surface area contributed by atoms with Crippen LogP contribution in [0.1, 0.15) is 64.4 Å². The van der Waals surface area contributed by atoms with Crippen molar-refractivity contribution in [2.45, 2.75) is 70.6 Å². The minimum absolute atomic E-state index is 0.188. The highest BCUT2D eigenvalue weighted by molar-refractivity contribution is 6.20. The number of unbranched alkanes of at least 4 members (excludes halogenated alkanes) is 4. The third kappa shape index (κ3) is 7.33. The Bertz CT molecular complexity index is 613. The Labute approximate surface area is 163 Å². The Morgan fingerprint density at radius 1 is 0.962 bits per heavy atom. The molecule has 3 nitrogen and oxygen atoms in total. The van der Waals surface area contributed by atoms with Gasteiger partial charge in [-0.05, 0) is 55.5 Å². The highest BCUT2D eigenvalue weighted by Gasteiger charge is 2.04. The van der Waals surface area contributed by atoms with Gasteiger partial charge in [0.1, 0.15) is 5.75 Å². The second kappa shape index (κ2) is 11.9. The first-order valence-electron chi connectivity index (χ1n) is 9.91. The SMILES string of the molecule is CCCCCCCc1cnc(-c2ccc(OCCC(Cl)CC)cc2)nc1. The summed E-state index contributed by atoms with van der Waals surface area (Å²) in [6.45, 7) is 4.97. The average molecular weight is 375 g/mol. The van der Waals surface area contributed by atoms with E-state index in [0.717, 1.165) is 36.4 Å². The summed E-state index contributed by atoms with van der Waals surface area (Å²) in [5.41, 5.74) is 2.23. The van der Waals surface area contributed by atoms with Gasteiger partial charge in [-0.1, -0.05) is 39.5 Å². The van der Waals surface area contributed by atoms with Crippen LogP contribution in [0.15, 0.2) is 36.7 Å². The average Bonchev–Trinajstić information content (AvgIpc) is 2.69. The fraction of sp³-hybridized carbons (Fsp3) is 0.545. The first-order chi connectivity index (χ1) is 12.7. The quantitative estimate of drug-likeness (QED) is 0.316. The summed E-state index contributed by atoms with van der Waals surface area (Å²) in [6.07, 6.45) is 13.3. The molecule has 1 heterocycles. The maximum atomic E-state index is 6.11. The van der Waals surface area contributed by atoms with Crippen molar-refractivity contribution < 1.29 is 4.74 Å². The maximum Gasteiger partial charge on any atom is 0.159 e. The van der Waals surface area contributed by atoms with Gasteiger partial charge in [0.05, 0.1) is 6.61 Å². The third-order valence-corrected chi connectivity index (χ3v) is 5.06. The van der Waals surface area contributed by atoms with Crippen LogP contribution in [0, 0.1) is 0 Å². The number of halogens is 1. The minimum Gasteiger partial charge on any atom is -0.494 e. The molecule has 0 spiro atoms. The van der Waals surface area contributed by atoms with Crippen LogP contribution in [0.4, 0.5) is 0 Å². The molecule has 26 heavy (non-hydrogen) atoms. The van der Waals surface area contributed by atoms with Crippen molar-refractivity contribution in [1.82, 2.24) is 9.97 Å². The van der Waals surface area contributed by atoms with Gasteiger partial charge in [-0.3, -0.25) is 0 Å². The molecule has 1 atom stereocenters. The fourth-order valence-corrected chi connectivity index (χ4v) is 2.86. The fourth-order valence-electron chi connectivity index (χ4n) is 2.77. The summed E-state index contributed by atoms with van der Waals surface area (Å²) < 4.78 is 5.74. The van der Waals surface area contributed by atoms with E-state index >= 15 is 0 Å². The predicted molar refractivity (Wildman–Crippen MR) is 110 cm³/mol. The summed E-state index contributed by atoms with van der Waals surface area (Å²) in [5, 5.41) is 0.188.